The summed E-state index contributed by atoms with van der Waals surface area (Å²) in [4.78, 5) is 13.6. The fourth-order valence-corrected chi connectivity index (χ4v) is 3.29. The molecule has 1 aliphatic rings. The maximum atomic E-state index is 11.5. The molecule has 0 saturated carbocycles. The van der Waals surface area contributed by atoms with E-state index in [4.69, 9.17) is 15.9 Å². The summed E-state index contributed by atoms with van der Waals surface area (Å²) in [6.45, 7) is 2.64. The van der Waals surface area contributed by atoms with Crippen LogP contribution in [0.2, 0.25) is 0 Å². The van der Waals surface area contributed by atoms with Crippen LogP contribution in [-0.2, 0) is 22.7 Å². The Bertz CT molecular complexity index is 592. The SMILES string of the molecule is C[N-]n1c(CN2CCNC(=O)C2)c(COC)c(Br)c1C(=N)N.[K+]. The van der Waals surface area contributed by atoms with E-state index in [1.54, 1.807) is 18.8 Å². The molecule has 8 nitrogen and oxygen atoms in total. The summed E-state index contributed by atoms with van der Waals surface area (Å²) < 4.78 is 7.62. The Labute approximate surface area is 186 Å². The number of amides is 1. The van der Waals surface area contributed by atoms with Crippen molar-refractivity contribution >= 4 is 27.7 Å². The van der Waals surface area contributed by atoms with Gasteiger partial charge in [0.1, 0.15) is 5.84 Å². The minimum Gasteiger partial charge on any atom is -0.619 e. The molecule has 0 aliphatic carbocycles. The maximum Gasteiger partial charge on any atom is 1.00 e. The molecule has 2 heterocycles. The Kier molecular flexibility index (Phi) is 8.73. The molecule has 0 atom stereocenters. The zero-order chi connectivity index (χ0) is 16.3. The van der Waals surface area contributed by atoms with Crippen LogP contribution in [0.5, 0.6) is 0 Å². The van der Waals surface area contributed by atoms with Gasteiger partial charge in [0.05, 0.1) is 23.3 Å². The number of aromatic nitrogens is 1. The van der Waals surface area contributed by atoms with Crippen LogP contribution in [0.3, 0.4) is 0 Å². The van der Waals surface area contributed by atoms with Gasteiger partial charge in [-0.15, -0.1) is 7.05 Å². The smallest absolute Gasteiger partial charge is 0.619 e. The number of nitrogens with two attached hydrogens (primary N) is 1. The van der Waals surface area contributed by atoms with Gasteiger partial charge in [-0.3, -0.25) is 15.1 Å². The van der Waals surface area contributed by atoms with E-state index in [2.05, 4.69) is 26.7 Å². The molecule has 1 fully saturated rings. The van der Waals surface area contributed by atoms with E-state index in [0.29, 0.717) is 36.4 Å². The van der Waals surface area contributed by atoms with Gasteiger partial charge in [-0.25, -0.2) is 0 Å². The standard InChI is InChI=1S/C13H20BrN6O2.K/c1-17-20-9(5-19-4-3-18-10(21)6-19)8(7-22-2)11(14)12(20)13(15)16;/h3-7H2,1-2H3,(H3,15,16)(H,18,21);/q-1;+1. The van der Waals surface area contributed by atoms with E-state index in [1.807, 2.05) is 4.90 Å². The van der Waals surface area contributed by atoms with Gasteiger partial charge in [0.25, 0.3) is 0 Å². The Morgan fingerprint density at radius 2 is 2.26 bits per heavy atom. The number of carbonyl (C=O) groups is 1. The first-order valence-electron chi connectivity index (χ1n) is 6.84. The molecule has 2 rings (SSSR count). The monoisotopic (exact) mass is 410 g/mol. The zero-order valence-electron chi connectivity index (χ0n) is 13.6. The second kappa shape index (κ2) is 9.52. The molecule has 4 N–H and O–H groups in total. The molecule has 1 saturated heterocycles. The summed E-state index contributed by atoms with van der Waals surface area (Å²) in [7, 11) is 3.25. The molecule has 0 radical (unpaired) electrons. The maximum absolute atomic E-state index is 11.5. The van der Waals surface area contributed by atoms with Gasteiger partial charge >= 0.3 is 51.4 Å². The van der Waals surface area contributed by atoms with Crippen LogP contribution >= 0.6 is 15.9 Å². The fraction of sp³-hybridized carbons (Fsp3) is 0.538. The number of hydrogen-bond donors (Lipinski definition) is 3. The van der Waals surface area contributed by atoms with Gasteiger partial charge in [-0.1, -0.05) is 0 Å². The van der Waals surface area contributed by atoms with Gasteiger partial charge in [0.2, 0.25) is 5.91 Å². The second-order valence-electron chi connectivity index (χ2n) is 5.01. The second-order valence-corrected chi connectivity index (χ2v) is 5.80. The van der Waals surface area contributed by atoms with Crippen molar-refractivity contribution in [2.24, 2.45) is 5.73 Å². The number of halogens is 1. The van der Waals surface area contributed by atoms with Crippen molar-refractivity contribution in [3.63, 3.8) is 0 Å². The Balaban J connectivity index is 0.00000264. The van der Waals surface area contributed by atoms with E-state index in [0.717, 1.165) is 17.8 Å². The number of piperazine rings is 1. The van der Waals surface area contributed by atoms with Crippen molar-refractivity contribution in [3.8, 4) is 0 Å². The minimum absolute atomic E-state index is 0. The molecular weight excluding hydrogens is 391 g/mol. The predicted molar refractivity (Wildman–Crippen MR) is 86.8 cm³/mol. The van der Waals surface area contributed by atoms with E-state index < -0.39 is 0 Å². The Morgan fingerprint density at radius 3 is 2.78 bits per heavy atom. The fourth-order valence-electron chi connectivity index (χ4n) is 2.57. The number of nitrogens with one attached hydrogen (secondary N) is 2. The Morgan fingerprint density at radius 1 is 1.57 bits per heavy atom. The van der Waals surface area contributed by atoms with Gasteiger partial charge in [-0.2, -0.15) is 0 Å². The predicted octanol–water partition coefficient (Wildman–Crippen LogP) is -2.62. The third-order valence-electron chi connectivity index (χ3n) is 3.52. The van der Waals surface area contributed by atoms with Crippen molar-refractivity contribution in [2.75, 3.05) is 33.8 Å². The molecule has 1 aliphatic heterocycles. The van der Waals surface area contributed by atoms with Crippen LogP contribution in [0.4, 0.5) is 0 Å². The molecule has 0 bridgehead atoms. The first-order valence-corrected chi connectivity index (χ1v) is 7.63. The van der Waals surface area contributed by atoms with Gasteiger partial charge in [-0.05, 0) is 15.9 Å². The van der Waals surface area contributed by atoms with E-state index >= 15 is 0 Å². The normalized spacial score (nSPS) is 15.0. The average Bonchev–Trinajstić information content (AvgIpc) is 2.72. The van der Waals surface area contributed by atoms with Crippen LogP contribution < -0.4 is 62.4 Å². The minimum atomic E-state index is -0.0718. The molecule has 1 aromatic rings. The third kappa shape index (κ3) is 4.79. The number of hydrogen-bond acceptors (Lipinski definition) is 4. The summed E-state index contributed by atoms with van der Waals surface area (Å²) in [6, 6.07) is 0. The molecule has 1 aromatic heterocycles. The summed E-state index contributed by atoms with van der Waals surface area (Å²) in [6.07, 6.45) is 0. The van der Waals surface area contributed by atoms with E-state index in [-0.39, 0.29) is 63.1 Å². The van der Waals surface area contributed by atoms with Crippen molar-refractivity contribution in [1.29, 1.82) is 5.41 Å². The third-order valence-corrected chi connectivity index (χ3v) is 4.38. The topological polar surface area (TPSA) is 110 Å². The van der Waals surface area contributed by atoms with Crippen LogP contribution in [0, 0.1) is 5.41 Å². The number of nitrogens with zero attached hydrogens (tertiary/aromatic N) is 3. The quantitative estimate of drug-likeness (QED) is 0.271. The number of ether oxygens (including phenoxy) is 1. The van der Waals surface area contributed by atoms with Crippen molar-refractivity contribution in [3.05, 3.63) is 26.8 Å². The molecule has 10 heteroatoms. The van der Waals surface area contributed by atoms with Gasteiger partial charge in [0, 0.05) is 38.0 Å². The zero-order valence-corrected chi connectivity index (χ0v) is 18.4. The van der Waals surface area contributed by atoms with Crippen LogP contribution in [0.1, 0.15) is 17.0 Å². The first kappa shape index (κ1) is 21.1. The molecule has 0 spiro atoms. The van der Waals surface area contributed by atoms with Crippen molar-refractivity contribution in [1.82, 2.24) is 14.9 Å². The Hall–Kier alpha value is 0.0564. The number of nitrogen functional groups attached to an aromatic ring is 1. The van der Waals surface area contributed by atoms with E-state index in [9.17, 15) is 4.79 Å². The van der Waals surface area contributed by atoms with E-state index in [1.165, 1.54) is 0 Å². The molecule has 122 valence electrons. The molecule has 0 unspecified atom stereocenters. The van der Waals surface area contributed by atoms with Gasteiger partial charge in [0.15, 0.2) is 0 Å². The van der Waals surface area contributed by atoms with Crippen LogP contribution in [0.25, 0.3) is 5.43 Å². The summed E-state index contributed by atoms with van der Waals surface area (Å²) in [5.74, 6) is -0.0607. The molecule has 23 heavy (non-hydrogen) atoms. The number of amidine groups is 1. The number of carbonyl (C=O) groups excluding carboxylic acids is 1. The molecular formula is C13H20BrKN6O2. The average molecular weight is 411 g/mol. The molecule has 1 amide bonds. The number of rotatable bonds is 6. The molecule has 0 aromatic carbocycles. The number of methoxy groups -OCH3 is 1. The van der Waals surface area contributed by atoms with Gasteiger partial charge < -0.3 is 25.9 Å². The van der Waals surface area contributed by atoms with Crippen molar-refractivity contribution in [2.45, 2.75) is 13.2 Å². The summed E-state index contributed by atoms with van der Waals surface area (Å²) in [5.41, 5.74) is 12.2. The first-order chi connectivity index (χ1) is 10.5. The largest absolute Gasteiger partial charge is 1.00 e. The summed E-state index contributed by atoms with van der Waals surface area (Å²) >= 11 is 3.49. The van der Waals surface area contributed by atoms with Crippen molar-refractivity contribution < 1.29 is 60.9 Å². The summed E-state index contributed by atoms with van der Waals surface area (Å²) in [5, 5.41) is 10.6. The van der Waals surface area contributed by atoms with Crippen LogP contribution in [0.15, 0.2) is 4.47 Å². The van der Waals surface area contributed by atoms with Crippen LogP contribution in [-0.4, -0.2) is 55.1 Å².